The number of rotatable bonds is 7. The minimum absolute atomic E-state index is 0.0348. The van der Waals surface area contributed by atoms with Gasteiger partial charge in [-0.25, -0.2) is 9.97 Å². The second kappa shape index (κ2) is 9.59. The Morgan fingerprint density at radius 1 is 1.11 bits per heavy atom. The molecule has 1 fully saturated rings. The van der Waals surface area contributed by atoms with Crippen LogP contribution in [0.5, 0.6) is 0 Å². The molecule has 9 heteroatoms. The molecule has 1 aliphatic carbocycles. The number of nitrogens with zero attached hydrogens (tertiary/aromatic N) is 3. The summed E-state index contributed by atoms with van der Waals surface area (Å²) in [7, 11) is 0. The maximum atomic E-state index is 12.9. The standard InChI is InChI=1S/C26H31N7O2/c1-16(2)29-24(34)20-15-28-25(30-19-8-7-18-14-27-12-9-17(18)13-19)33-23(20)32-22-6-3-5-21(31-22)26(35)10-4-11-26/h3,5-8,13,15-16,27,35H,4,9-12,14H2,1-2H3,(H,29,34)(H2,28,30,31,32,33). The molecule has 5 N–H and O–H groups in total. The lowest BCUT2D eigenvalue weighted by atomic mass is 9.77. The fraction of sp³-hybridized carbons (Fsp3) is 0.385. The predicted octanol–water partition coefficient (Wildman–Crippen LogP) is 3.51. The first-order valence-corrected chi connectivity index (χ1v) is 12.1. The molecule has 0 bridgehead atoms. The molecule has 182 valence electrons. The van der Waals surface area contributed by atoms with Gasteiger partial charge < -0.3 is 26.4 Å². The van der Waals surface area contributed by atoms with Crippen molar-refractivity contribution < 1.29 is 9.90 Å². The molecule has 9 nitrogen and oxygen atoms in total. The summed E-state index contributed by atoms with van der Waals surface area (Å²) in [6.45, 7) is 5.64. The number of anilines is 4. The van der Waals surface area contributed by atoms with Crippen molar-refractivity contribution in [2.24, 2.45) is 0 Å². The van der Waals surface area contributed by atoms with E-state index in [1.165, 1.54) is 17.3 Å². The van der Waals surface area contributed by atoms with Gasteiger partial charge in [0.2, 0.25) is 5.95 Å². The van der Waals surface area contributed by atoms with E-state index in [2.05, 4.69) is 48.4 Å². The Kier molecular flexibility index (Phi) is 6.36. The maximum Gasteiger partial charge on any atom is 0.256 e. The molecule has 0 radical (unpaired) electrons. The van der Waals surface area contributed by atoms with Crippen molar-refractivity contribution in [1.29, 1.82) is 0 Å². The van der Waals surface area contributed by atoms with Crippen LogP contribution in [0.2, 0.25) is 0 Å². The number of carbonyl (C=O) groups is 1. The van der Waals surface area contributed by atoms with E-state index in [4.69, 9.17) is 0 Å². The number of pyridine rings is 1. The molecule has 3 aromatic rings. The van der Waals surface area contributed by atoms with Gasteiger partial charge in [0.25, 0.3) is 5.91 Å². The van der Waals surface area contributed by atoms with Crippen LogP contribution in [0.3, 0.4) is 0 Å². The average molecular weight is 474 g/mol. The molecular formula is C26H31N7O2. The number of hydrogen-bond acceptors (Lipinski definition) is 8. The monoisotopic (exact) mass is 473 g/mol. The summed E-state index contributed by atoms with van der Waals surface area (Å²) in [5, 5.41) is 23.4. The normalized spacial score (nSPS) is 16.2. The number of aromatic nitrogens is 3. The van der Waals surface area contributed by atoms with Gasteiger partial charge in [-0.2, -0.15) is 4.98 Å². The number of hydrogen-bond donors (Lipinski definition) is 5. The highest BCUT2D eigenvalue weighted by atomic mass is 16.3. The molecule has 2 aliphatic rings. The second-order valence-corrected chi connectivity index (χ2v) is 9.54. The Bertz CT molecular complexity index is 1240. The lowest BCUT2D eigenvalue weighted by Gasteiger charge is -2.36. The Labute approximate surface area is 204 Å². The highest BCUT2D eigenvalue weighted by Gasteiger charge is 2.37. The van der Waals surface area contributed by atoms with Crippen LogP contribution in [-0.2, 0) is 18.6 Å². The van der Waals surface area contributed by atoms with Gasteiger partial charge in [-0.3, -0.25) is 4.79 Å². The van der Waals surface area contributed by atoms with Crippen molar-refractivity contribution in [1.82, 2.24) is 25.6 Å². The van der Waals surface area contributed by atoms with Crippen molar-refractivity contribution in [2.75, 3.05) is 17.2 Å². The van der Waals surface area contributed by atoms with E-state index in [1.54, 1.807) is 6.07 Å². The van der Waals surface area contributed by atoms with Crippen LogP contribution in [0, 0.1) is 0 Å². The maximum absolute atomic E-state index is 12.9. The van der Waals surface area contributed by atoms with E-state index in [1.807, 2.05) is 32.0 Å². The summed E-state index contributed by atoms with van der Waals surface area (Å²) < 4.78 is 0. The highest BCUT2D eigenvalue weighted by molar-refractivity contribution is 5.99. The van der Waals surface area contributed by atoms with E-state index in [0.717, 1.165) is 31.6 Å². The Balaban J connectivity index is 1.44. The van der Waals surface area contributed by atoms with Gasteiger partial charge in [0.1, 0.15) is 22.8 Å². The second-order valence-electron chi connectivity index (χ2n) is 9.54. The molecule has 0 unspecified atom stereocenters. The molecular weight excluding hydrogens is 442 g/mol. The molecule has 1 aliphatic heterocycles. The molecule has 1 amide bonds. The minimum atomic E-state index is -0.879. The molecule has 1 aromatic carbocycles. The number of fused-ring (bicyclic) bond motifs is 1. The van der Waals surface area contributed by atoms with Crippen molar-refractivity contribution in [3.63, 3.8) is 0 Å². The summed E-state index contributed by atoms with van der Waals surface area (Å²) in [5.41, 5.74) is 3.55. The van der Waals surface area contributed by atoms with Crippen LogP contribution in [0.1, 0.15) is 60.3 Å². The van der Waals surface area contributed by atoms with Crippen LogP contribution in [0.25, 0.3) is 0 Å². The zero-order valence-electron chi connectivity index (χ0n) is 20.1. The zero-order chi connectivity index (χ0) is 24.4. The Hall–Kier alpha value is -3.56. The van der Waals surface area contributed by atoms with E-state index in [0.29, 0.717) is 41.7 Å². The molecule has 0 saturated heterocycles. The first-order valence-electron chi connectivity index (χ1n) is 12.1. The van der Waals surface area contributed by atoms with Gasteiger partial charge in [0.15, 0.2) is 0 Å². The third-order valence-corrected chi connectivity index (χ3v) is 6.46. The first-order chi connectivity index (χ1) is 16.9. The minimum Gasteiger partial charge on any atom is -0.384 e. The first kappa shape index (κ1) is 23.2. The Morgan fingerprint density at radius 3 is 2.74 bits per heavy atom. The molecule has 35 heavy (non-hydrogen) atoms. The van der Waals surface area contributed by atoms with Crippen LogP contribution < -0.4 is 21.3 Å². The average Bonchev–Trinajstić information content (AvgIpc) is 2.82. The van der Waals surface area contributed by atoms with Crippen LogP contribution >= 0.6 is 0 Å². The van der Waals surface area contributed by atoms with Crippen LogP contribution in [-0.4, -0.2) is 38.6 Å². The van der Waals surface area contributed by atoms with Crippen molar-refractivity contribution in [2.45, 2.75) is 57.7 Å². The van der Waals surface area contributed by atoms with E-state index in [-0.39, 0.29) is 11.9 Å². The summed E-state index contributed by atoms with van der Waals surface area (Å²) in [6.07, 6.45) is 4.87. The summed E-state index contributed by atoms with van der Waals surface area (Å²) in [6, 6.07) is 11.7. The van der Waals surface area contributed by atoms with Gasteiger partial charge in [0, 0.05) is 24.5 Å². The van der Waals surface area contributed by atoms with Gasteiger partial charge in [-0.1, -0.05) is 12.1 Å². The quantitative estimate of drug-likeness (QED) is 0.353. The number of amides is 1. The van der Waals surface area contributed by atoms with Gasteiger partial charge in [-0.05, 0) is 81.5 Å². The number of aliphatic hydroxyl groups is 1. The van der Waals surface area contributed by atoms with Crippen molar-refractivity contribution in [3.05, 3.63) is 65.0 Å². The fourth-order valence-corrected chi connectivity index (χ4v) is 4.38. The molecule has 0 atom stereocenters. The van der Waals surface area contributed by atoms with E-state index in [9.17, 15) is 9.90 Å². The molecule has 3 heterocycles. The molecule has 1 saturated carbocycles. The van der Waals surface area contributed by atoms with E-state index >= 15 is 0 Å². The van der Waals surface area contributed by atoms with Gasteiger partial charge >= 0.3 is 0 Å². The summed E-state index contributed by atoms with van der Waals surface area (Å²) >= 11 is 0. The summed E-state index contributed by atoms with van der Waals surface area (Å²) in [5.74, 6) is 0.945. The number of carbonyl (C=O) groups excluding carboxylic acids is 1. The molecule has 2 aromatic heterocycles. The van der Waals surface area contributed by atoms with Crippen LogP contribution in [0.4, 0.5) is 23.3 Å². The SMILES string of the molecule is CC(C)NC(=O)c1cnc(Nc2ccc3c(c2)CCNC3)nc1Nc1cccc(C2(O)CCC2)n1. The summed E-state index contributed by atoms with van der Waals surface area (Å²) in [4.78, 5) is 26.5. The Morgan fingerprint density at radius 2 is 1.97 bits per heavy atom. The lowest BCUT2D eigenvalue weighted by molar-refractivity contribution is -0.0425. The fourth-order valence-electron chi connectivity index (χ4n) is 4.38. The van der Waals surface area contributed by atoms with Crippen LogP contribution in [0.15, 0.2) is 42.6 Å². The highest BCUT2D eigenvalue weighted by Crippen LogP contribution is 2.40. The predicted molar refractivity (Wildman–Crippen MR) is 135 cm³/mol. The number of nitrogens with one attached hydrogen (secondary N) is 4. The third-order valence-electron chi connectivity index (χ3n) is 6.46. The lowest BCUT2D eigenvalue weighted by Crippen LogP contribution is -2.34. The largest absolute Gasteiger partial charge is 0.384 e. The topological polar surface area (TPSA) is 124 Å². The number of benzene rings is 1. The zero-order valence-corrected chi connectivity index (χ0v) is 20.1. The smallest absolute Gasteiger partial charge is 0.256 e. The van der Waals surface area contributed by atoms with Gasteiger partial charge in [0.05, 0.1) is 5.69 Å². The van der Waals surface area contributed by atoms with E-state index < -0.39 is 5.60 Å². The molecule has 5 rings (SSSR count). The third kappa shape index (κ3) is 5.11. The van der Waals surface area contributed by atoms with Gasteiger partial charge in [-0.15, -0.1) is 0 Å². The van der Waals surface area contributed by atoms with Crippen molar-refractivity contribution >= 4 is 29.2 Å². The molecule has 0 spiro atoms. The van der Waals surface area contributed by atoms with Crippen molar-refractivity contribution in [3.8, 4) is 0 Å².